The molecule has 2 heterocycles. The number of aryl methyl sites for hydroxylation is 1. The molecule has 8 nitrogen and oxygen atoms in total. The van der Waals surface area contributed by atoms with Crippen LogP contribution in [0.5, 0.6) is 0 Å². The molecule has 0 saturated carbocycles. The van der Waals surface area contributed by atoms with Crippen molar-refractivity contribution in [3.05, 3.63) is 77.0 Å². The number of rotatable bonds is 8. The lowest BCUT2D eigenvalue weighted by molar-refractivity contribution is -0.143. The zero-order valence-electron chi connectivity index (χ0n) is 21.6. The van der Waals surface area contributed by atoms with Crippen LogP contribution in [0.25, 0.3) is 16.9 Å². The van der Waals surface area contributed by atoms with E-state index in [9.17, 15) is 14.4 Å². The van der Waals surface area contributed by atoms with Gasteiger partial charge in [0.1, 0.15) is 6.61 Å². The van der Waals surface area contributed by atoms with Crippen molar-refractivity contribution in [2.45, 2.75) is 40.5 Å². The van der Waals surface area contributed by atoms with Crippen molar-refractivity contribution in [2.75, 3.05) is 19.8 Å². The van der Waals surface area contributed by atoms with Gasteiger partial charge in [0.15, 0.2) is 0 Å². The number of esters is 2. The summed E-state index contributed by atoms with van der Waals surface area (Å²) in [7, 11) is 0. The molecule has 192 valence electrons. The van der Waals surface area contributed by atoms with E-state index in [2.05, 4.69) is 9.67 Å². The molecule has 0 radical (unpaired) electrons. The SMILES string of the molecule is CCOC(=O)c1cc(-c2ccc(C)cc2)n(-c2ccc(C3=NN(CCOC(C)=O)C(=O)CC3)cc2)c1C. The Bertz CT molecular complexity index is 1340. The maximum absolute atomic E-state index is 12.7. The summed E-state index contributed by atoms with van der Waals surface area (Å²) in [5.41, 5.74) is 6.95. The fourth-order valence-electron chi connectivity index (χ4n) is 4.35. The minimum Gasteiger partial charge on any atom is -0.464 e. The molecule has 0 bridgehead atoms. The van der Waals surface area contributed by atoms with E-state index in [-0.39, 0.29) is 31.0 Å². The predicted molar refractivity (Wildman–Crippen MR) is 141 cm³/mol. The first-order valence-electron chi connectivity index (χ1n) is 12.4. The molecular formula is C29H31N3O5. The molecule has 4 rings (SSSR count). The van der Waals surface area contributed by atoms with E-state index in [4.69, 9.17) is 9.47 Å². The lowest BCUT2D eigenvalue weighted by Crippen LogP contribution is -2.34. The summed E-state index contributed by atoms with van der Waals surface area (Å²) in [4.78, 5) is 36.0. The number of aromatic nitrogens is 1. The smallest absolute Gasteiger partial charge is 0.339 e. The van der Waals surface area contributed by atoms with E-state index in [1.165, 1.54) is 11.9 Å². The van der Waals surface area contributed by atoms with Gasteiger partial charge >= 0.3 is 11.9 Å². The summed E-state index contributed by atoms with van der Waals surface area (Å²) in [6, 6.07) is 18.0. The Morgan fingerprint density at radius 3 is 2.27 bits per heavy atom. The molecule has 37 heavy (non-hydrogen) atoms. The molecule has 1 aliphatic rings. The van der Waals surface area contributed by atoms with Gasteiger partial charge in [0.2, 0.25) is 5.91 Å². The van der Waals surface area contributed by atoms with Crippen LogP contribution in [0.3, 0.4) is 0 Å². The van der Waals surface area contributed by atoms with Crippen molar-refractivity contribution in [2.24, 2.45) is 5.10 Å². The van der Waals surface area contributed by atoms with Crippen LogP contribution in [0.4, 0.5) is 0 Å². The summed E-state index contributed by atoms with van der Waals surface area (Å²) in [5, 5.41) is 5.88. The minimum atomic E-state index is -0.388. The summed E-state index contributed by atoms with van der Waals surface area (Å²) in [6.45, 7) is 7.71. The summed E-state index contributed by atoms with van der Waals surface area (Å²) < 4.78 is 12.3. The Balaban J connectivity index is 1.67. The zero-order chi connectivity index (χ0) is 26.5. The second kappa shape index (κ2) is 11.2. The highest BCUT2D eigenvalue weighted by Gasteiger charge is 2.23. The Hall–Kier alpha value is -4.20. The maximum Gasteiger partial charge on any atom is 0.339 e. The van der Waals surface area contributed by atoms with Crippen LogP contribution >= 0.6 is 0 Å². The van der Waals surface area contributed by atoms with E-state index >= 15 is 0 Å². The lowest BCUT2D eigenvalue weighted by Gasteiger charge is -2.23. The molecule has 1 aromatic heterocycles. The zero-order valence-corrected chi connectivity index (χ0v) is 21.6. The van der Waals surface area contributed by atoms with Crippen molar-refractivity contribution >= 4 is 23.6 Å². The van der Waals surface area contributed by atoms with Gasteiger partial charge in [-0.3, -0.25) is 9.59 Å². The van der Waals surface area contributed by atoms with Gasteiger partial charge in [-0.05, 0) is 50.1 Å². The highest BCUT2D eigenvalue weighted by Crippen LogP contribution is 2.31. The van der Waals surface area contributed by atoms with Crippen LogP contribution in [-0.2, 0) is 19.1 Å². The number of ether oxygens (including phenoxy) is 2. The van der Waals surface area contributed by atoms with Crippen LogP contribution in [-0.4, -0.2) is 52.9 Å². The highest BCUT2D eigenvalue weighted by atomic mass is 16.5. The standard InChI is InChI=1S/C29H31N3O5/c1-5-36-29(35)25-18-27(23-8-6-19(2)7-9-23)32(20(25)3)24-12-10-22(11-13-24)26-14-15-28(34)31(30-26)16-17-37-21(4)33/h6-13,18H,5,14-17H2,1-4H3. The summed E-state index contributed by atoms with van der Waals surface area (Å²) in [5.74, 6) is -0.829. The van der Waals surface area contributed by atoms with E-state index < -0.39 is 0 Å². The van der Waals surface area contributed by atoms with Gasteiger partial charge < -0.3 is 14.0 Å². The molecule has 1 aliphatic heterocycles. The first-order chi connectivity index (χ1) is 17.8. The van der Waals surface area contributed by atoms with Gasteiger partial charge in [-0.15, -0.1) is 0 Å². The molecule has 0 atom stereocenters. The third-order valence-corrected chi connectivity index (χ3v) is 6.26. The molecule has 0 unspecified atom stereocenters. The monoisotopic (exact) mass is 501 g/mol. The van der Waals surface area contributed by atoms with Gasteiger partial charge in [-0.25, -0.2) is 9.80 Å². The lowest BCUT2D eigenvalue weighted by atomic mass is 10.0. The molecule has 0 N–H and O–H groups in total. The largest absolute Gasteiger partial charge is 0.464 e. The van der Waals surface area contributed by atoms with E-state index in [1.54, 1.807) is 6.92 Å². The Labute approximate surface area is 216 Å². The topological polar surface area (TPSA) is 90.2 Å². The number of nitrogens with zero attached hydrogens (tertiary/aromatic N) is 3. The van der Waals surface area contributed by atoms with Crippen molar-refractivity contribution in [3.8, 4) is 16.9 Å². The van der Waals surface area contributed by atoms with Gasteiger partial charge in [0.05, 0.1) is 30.1 Å². The molecule has 0 saturated heterocycles. The van der Waals surface area contributed by atoms with E-state index in [0.29, 0.717) is 25.0 Å². The van der Waals surface area contributed by atoms with E-state index in [1.807, 2.05) is 68.4 Å². The number of hydrazone groups is 1. The summed E-state index contributed by atoms with van der Waals surface area (Å²) in [6.07, 6.45) is 0.879. The molecule has 0 spiro atoms. The van der Waals surface area contributed by atoms with Crippen LogP contribution in [0.1, 0.15) is 53.9 Å². The Morgan fingerprint density at radius 2 is 1.62 bits per heavy atom. The molecule has 1 amide bonds. The van der Waals surface area contributed by atoms with Crippen molar-refractivity contribution in [1.29, 1.82) is 0 Å². The first-order valence-corrected chi connectivity index (χ1v) is 12.4. The normalized spacial score (nSPS) is 13.4. The average molecular weight is 502 g/mol. The van der Waals surface area contributed by atoms with Gasteiger partial charge in [-0.1, -0.05) is 42.0 Å². The van der Waals surface area contributed by atoms with Crippen molar-refractivity contribution in [1.82, 2.24) is 9.58 Å². The number of hydrogen-bond donors (Lipinski definition) is 0. The molecular weight excluding hydrogens is 470 g/mol. The fourth-order valence-corrected chi connectivity index (χ4v) is 4.35. The number of hydrogen-bond acceptors (Lipinski definition) is 6. The molecule has 3 aromatic rings. The Morgan fingerprint density at radius 1 is 0.946 bits per heavy atom. The minimum absolute atomic E-state index is 0.0928. The highest BCUT2D eigenvalue weighted by molar-refractivity contribution is 6.04. The quantitative estimate of drug-likeness (QED) is 0.413. The third-order valence-electron chi connectivity index (χ3n) is 6.26. The Kier molecular flexibility index (Phi) is 7.86. The third kappa shape index (κ3) is 5.80. The summed E-state index contributed by atoms with van der Waals surface area (Å²) >= 11 is 0. The van der Waals surface area contributed by atoms with Gasteiger partial charge in [0.25, 0.3) is 0 Å². The van der Waals surface area contributed by atoms with Gasteiger partial charge in [-0.2, -0.15) is 5.10 Å². The first kappa shape index (κ1) is 25.9. The maximum atomic E-state index is 12.7. The second-order valence-electron chi connectivity index (χ2n) is 8.90. The van der Waals surface area contributed by atoms with Crippen LogP contribution < -0.4 is 0 Å². The van der Waals surface area contributed by atoms with Gasteiger partial charge in [0, 0.05) is 31.1 Å². The van der Waals surface area contributed by atoms with Crippen LogP contribution in [0, 0.1) is 13.8 Å². The number of amides is 1. The number of carbonyl (C=O) groups is 3. The second-order valence-corrected chi connectivity index (χ2v) is 8.90. The van der Waals surface area contributed by atoms with Crippen molar-refractivity contribution < 1.29 is 23.9 Å². The van der Waals surface area contributed by atoms with Crippen LogP contribution in [0.2, 0.25) is 0 Å². The fraction of sp³-hybridized carbons (Fsp3) is 0.310. The van der Waals surface area contributed by atoms with E-state index in [0.717, 1.165) is 39.5 Å². The molecule has 0 aliphatic carbocycles. The van der Waals surface area contributed by atoms with Crippen LogP contribution in [0.15, 0.2) is 59.7 Å². The predicted octanol–water partition coefficient (Wildman–Crippen LogP) is 4.83. The van der Waals surface area contributed by atoms with Crippen molar-refractivity contribution in [3.63, 3.8) is 0 Å². The molecule has 2 aromatic carbocycles. The average Bonchev–Trinajstić information content (AvgIpc) is 3.22. The molecule has 0 fully saturated rings. The molecule has 8 heteroatoms. The number of carbonyl (C=O) groups excluding carboxylic acids is 3. The number of benzene rings is 2.